The van der Waals surface area contributed by atoms with Crippen LogP contribution >= 0.6 is 11.6 Å². The van der Waals surface area contributed by atoms with Gasteiger partial charge in [0.05, 0.1) is 10.6 Å². The SMILES string of the molecule is CC1(NC(=O)C(=O)c2c(Cl)c(C(=O)Nc3cc(F)c(F)c(F)c3)c3n2CCC3)CCC(CC(=O)O)CC1. The second kappa shape index (κ2) is 10.2. The van der Waals surface area contributed by atoms with Crippen LogP contribution in [0.1, 0.15) is 72.0 Å². The van der Waals surface area contributed by atoms with Crippen molar-refractivity contribution in [1.29, 1.82) is 0 Å². The number of fused-ring (bicyclic) bond motifs is 1. The number of aliphatic carboxylic acids is 1. The monoisotopic (exact) mass is 539 g/mol. The van der Waals surface area contributed by atoms with Gasteiger partial charge in [0.15, 0.2) is 17.5 Å². The molecule has 1 fully saturated rings. The number of ketones is 1. The molecule has 37 heavy (non-hydrogen) atoms. The van der Waals surface area contributed by atoms with Crippen molar-refractivity contribution in [2.45, 2.75) is 64.0 Å². The van der Waals surface area contributed by atoms with Crippen LogP contribution in [0.4, 0.5) is 18.9 Å². The van der Waals surface area contributed by atoms with E-state index in [2.05, 4.69) is 10.6 Å². The molecule has 1 aliphatic carbocycles. The molecule has 2 heterocycles. The molecule has 8 nitrogen and oxygen atoms in total. The van der Waals surface area contributed by atoms with Crippen molar-refractivity contribution in [2.75, 3.05) is 5.32 Å². The number of rotatable bonds is 7. The number of nitrogens with one attached hydrogen (secondary N) is 2. The number of hydrogen-bond donors (Lipinski definition) is 3. The fraction of sp³-hybridized carbons (Fsp3) is 0.440. The molecule has 0 saturated heterocycles. The summed E-state index contributed by atoms with van der Waals surface area (Å²) in [7, 11) is 0. The zero-order valence-electron chi connectivity index (χ0n) is 19.9. The highest BCUT2D eigenvalue weighted by Crippen LogP contribution is 2.36. The van der Waals surface area contributed by atoms with Gasteiger partial charge in [-0.1, -0.05) is 11.6 Å². The van der Waals surface area contributed by atoms with Gasteiger partial charge >= 0.3 is 5.97 Å². The summed E-state index contributed by atoms with van der Waals surface area (Å²) in [4.78, 5) is 50.1. The molecule has 1 aliphatic heterocycles. The van der Waals surface area contributed by atoms with E-state index in [1.807, 2.05) is 0 Å². The van der Waals surface area contributed by atoms with Crippen molar-refractivity contribution in [1.82, 2.24) is 9.88 Å². The first kappa shape index (κ1) is 26.7. The minimum Gasteiger partial charge on any atom is -0.481 e. The van der Waals surface area contributed by atoms with Crippen molar-refractivity contribution in [2.24, 2.45) is 5.92 Å². The summed E-state index contributed by atoms with van der Waals surface area (Å²) < 4.78 is 41.9. The van der Waals surface area contributed by atoms with Gasteiger partial charge in [-0.15, -0.1) is 0 Å². The van der Waals surface area contributed by atoms with Crippen LogP contribution in [0.5, 0.6) is 0 Å². The molecule has 1 saturated carbocycles. The number of amides is 2. The molecular formula is C25H25ClF3N3O5. The van der Waals surface area contributed by atoms with Crippen LogP contribution in [0.3, 0.4) is 0 Å². The molecule has 0 unspecified atom stereocenters. The number of aromatic nitrogens is 1. The van der Waals surface area contributed by atoms with Crippen molar-refractivity contribution in [3.8, 4) is 0 Å². The van der Waals surface area contributed by atoms with Gasteiger partial charge in [0.2, 0.25) is 0 Å². The molecule has 2 aromatic rings. The van der Waals surface area contributed by atoms with Gasteiger partial charge in [-0.3, -0.25) is 19.2 Å². The molecule has 4 rings (SSSR count). The minimum absolute atomic E-state index is 0.00523. The standard InChI is InChI=1S/C25H25ClF3N3O5/c1-25(6-4-12(5-7-25)9-17(33)34)31-24(37)22(35)21-19(26)18(16-3-2-8-32(16)21)23(36)30-13-10-14(27)20(29)15(28)11-13/h10-12H,2-9H2,1H3,(H,30,36)(H,31,37)(H,33,34). The molecule has 0 radical (unpaired) electrons. The van der Waals surface area contributed by atoms with E-state index in [9.17, 15) is 32.3 Å². The van der Waals surface area contributed by atoms with Crippen LogP contribution in [-0.4, -0.2) is 38.8 Å². The fourth-order valence-electron chi connectivity index (χ4n) is 5.15. The number of carbonyl (C=O) groups is 4. The third-order valence-electron chi connectivity index (χ3n) is 7.08. The third-order valence-corrected chi connectivity index (χ3v) is 7.45. The second-order valence-electron chi connectivity index (χ2n) is 9.83. The Balaban J connectivity index is 1.53. The van der Waals surface area contributed by atoms with E-state index in [1.54, 1.807) is 6.92 Å². The van der Waals surface area contributed by atoms with Crippen molar-refractivity contribution in [3.63, 3.8) is 0 Å². The average Bonchev–Trinajstić information content (AvgIpc) is 3.37. The first-order valence-corrected chi connectivity index (χ1v) is 12.2. The lowest BCUT2D eigenvalue weighted by atomic mass is 9.76. The number of carbonyl (C=O) groups excluding carboxylic acids is 3. The van der Waals surface area contributed by atoms with Crippen LogP contribution < -0.4 is 10.6 Å². The number of Topliss-reactive ketones (excluding diaryl/α,β-unsaturated/α-hetero) is 1. The van der Waals surface area contributed by atoms with E-state index in [4.69, 9.17) is 16.7 Å². The lowest BCUT2D eigenvalue weighted by molar-refractivity contribution is -0.138. The molecule has 0 bridgehead atoms. The predicted molar refractivity (Wildman–Crippen MR) is 127 cm³/mol. The number of nitrogens with zero attached hydrogens (tertiary/aromatic N) is 1. The van der Waals surface area contributed by atoms with Gasteiger partial charge in [-0.25, -0.2) is 13.2 Å². The molecular weight excluding hydrogens is 515 g/mol. The minimum atomic E-state index is -1.68. The summed E-state index contributed by atoms with van der Waals surface area (Å²) >= 11 is 6.43. The smallest absolute Gasteiger partial charge is 0.303 e. The summed E-state index contributed by atoms with van der Waals surface area (Å²) in [5, 5.41) is 13.8. The van der Waals surface area contributed by atoms with Crippen LogP contribution in [0.25, 0.3) is 0 Å². The Kier molecular flexibility index (Phi) is 7.36. The van der Waals surface area contributed by atoms with Crippen LogP contribution in [-0.2, 0) is 22.6 Å². The van der Waals surface area contributed by atoms with E-state index in [1.165, 1.54) is 4.57 Å². The molecule has 1 aromatic carbocycles. The Hall–Kier alpha value is -3.34. The number of halogens is 4. The lowest BCUT2D eigenvalue weighted by Gasteiger charge is -2.37. The Bertz CT molecular complexity index is 1280. The summed E-state index contributed by atoms with van der Waals surface area (Å²) in [6.45, 7) is 2.13. The first-order valence-electron chi connectivity index (χ1n) is 11.9. The maximum absolute atomic E-state index is 13.6. The number of benzene rings is 1. The van der Waals surface area contributed by atoms with Gasteiger partial charge in [0.1, 0.15) is 5.69 Å². The Morgan fingerprint density at radius 3 is 2.35 bits per heavy atom. The molecule has 198 valence electrons. The maximum Gasteiger partial charge on any atom is 0.303 e. The van der Waals surface area contributed by atoms with Crippen LogP contribution in [0, 0.1) is 23.4 Å². The fourth-order valence-corrected chi connectivity index (χ4v) is 5.53. The van der Waals surface area contributed by atoms with Crippen molar-refractivity contribution in [3.05, 3.63) is 51.6 Å². The molecule has 0 atom stereocenters. The van der Waals surface area contributed by atoms with Crippen LogP contribution in [0.2, 0.25) is 5.02 Å². The number of anilines is 1. The first-order chi connectivity index (χ1) is 17.4. The summed E-state index contributed by atoms with van der Waals surface area (Å²) in [6.07, 6.45) is 3.20. The Labute approximate surface area is 215 Å². The Morgan fingerprint density at radius 2 is 1.76 bits per heavy atom. The second-order valence-corrected chi connectivity index (χ2v) is 10.2. The summed E-state index contributed by atoms with van der Waals surface area (Å²) in [5.74, 6) is -8.20. The quantitative estimate of drug-likeness (QED) is 0.272. The summed E-state index contributed by atoms with van der Waals surface area (Å²) in [5.41, 5.74) is -0.891. The Morgan fingerprint density at radius 1 is 1.14 bits per heavy atom. The molecule has 0 spiro atoms. The number of carboxylic acids is 1. The zero-order chi connectivity index (χ0) is 27.1. The highest BCUT2D eigenvalue weighted by Gasteiger charge is 2.38. The highest BCUT2D eigenvalue weighted by atomic mass is 35.5. The van der Waals surface area contributed by atoms with Gasteiger partial charge in [-0.05, 0) is 51.4 Å². The molecule has 1 aromatic heterocycles. The molecule has 2 aliphatic rings. The highest BCUT2D eigenvalue weighted by molar-refractivity contribution is 6.48. The van der Waals surface area contributed by atoms with E-state index >= 15 is 0 Å². The molecule has 12 heteroatoms. The van der Waals surface area contributed by atoms with E-state index in [0.717, 1.165) is 0 Å². The zero-order valence-corrected chi connectivity index (χ0v) is 20.7. The van der Waals surface area contributed by atoms with Gasteiger partial charge < -0.3 is 20.3 Å². The van der Waals surface area contributed by atoms with E-state index in [-0.39, 0.29) is 34.3 Å². The van der Waals surface area contributed by atoms with Gasteiger partial charge in [-0.2, -0.15) is 0 Å². The normalized spacial score (nSPS) is 20.8. The summed E-state index contributed by atoms with van der Waals surface area (Å²) in [6, 6.07) is 1.23. The van der Waals surface area contributed by atoms with Crippen LogP contribution in [0.15, 0.2) is 12.1 Å². The number of hydrogen-bond acceptors (Lipinski definition) is 4. The van der Waals surface area contributed by atoms with E-state index < -0.39 is 46.6 Å². The number of carboxylic acid groups (broad SMARTS) is 1. The van der Waals surface area contributed by atoms with Crippen molar-refractivity contribution >= 4 is 40.9 Å². The van der Waals surface area contributed by atoms with Gasteiger partial charge in [0.25, 0.3) is 17.6 Å². The van der Waals surface area contributed by atoms with Crippen molar-refractivity contribution < 1.29 is 37.5 Å². The van der Waals surface area contributed by atoms with E-state index in [0.29, 0.717) is 62.9 Å². The average molecular weight is 540 g/mol. The molecule has 3 N–H and O–H groups in total. The largest absolute Gasteiger partial charge is 0.481 e. The molecule has 2 amide bonds. The topological polar surface area (TPSA) is 117 Å². The maximum atomic E-state index is 13.6. The third kappa shape index (κ3) is 5.36. The lowest BCUT2D eigenvalue weighted by Crippen LogP contribution is -2.50. The van der Waals surface area contributed by atoms with Gasteiger partial charge in [0, 0.05) is 42.0 Å². The predicted octanol–water partition coefficient (Wildman–Crippen LogP) is 4.48.